The van der Waals surface area contributed by atoms with E-state index in [0.29, 0.717) is 0 Å². The van der Waals surface area contributed by atoms with Gasteiger partial charge in [0.2, 0.25) is 0 Å². The van der Waals surface area contributed by atoms with Crippen molar-refractivity contribution in [2.75, 3.05) is 0 Å². The van der Waals surface area contributed by atoms with E-state index in [1.165, 1.54) is 0 Å². The highest BCUT2D eigenvalue weighted by atomic mass is 79.9. The van der Waals surface area contributed by atoms with E-state index in [9.17, 15) is 0 Å². The second-order valence-electron chi connectivity index (χ2n) is 6.96. The van der Waals surface area contributed by atoms with E-state index in [1.807, 2.05) is 0 Å². The van der Waals surface area contributed by atoms with Gasteiger partial charge in [0.1, 0.15) is 0 Å². The number of hydrogen-bond donors (Lipinski definition) is 0. The first-order valence-corrected chi connectivity index (χ1v) is 13.6. The monoisotopic (exact) mass is 464 g/mol. The number of benzene rings is 4. The van der Waals surface area contributed by atoms with E-state index in [0.717, 1.165) is 0 Å². The third-order valence-corrected chi connectivity index (χ3v) is 14.1. The van der Waals surface area contributed by atoms with Gasteiger partial charge in [0.25, 0.3) is 0 Å². The molecule has 28 heavy (non-hydrogen) atoms. The Morgan fingerprint density at radius 3 is 0.786 bits per heavy atom. The van der Waals surface area contributed by atoms with Gasteiger partial charge in [-0.2, -0.15) is 0 Å². The van der Waals surface area contributed by atoms with Crippen LogP contribution in [0.3, 0.4) is 0 Å². The fourth-order valence-electron chi connectivity index (χ4n) is 3.91. The van der Waals surface area contributed by atoms with Gasteiger partial charge in [0, 0.05) is 0 Å². The molecule has 0 fully saturated rings. The SMILES string of the molecule is [BH2-]([PH+](c1ccccc1)c1ccccc1)[PH+](c1ccccc1)c1ccccc1.[Br-]. The molecule has 0 nitrogen and oxygen atoms in total. The first-order chi connectivity index (χ1) is 13.4. The number of rotatable bonds is 6. The van der Waals surface area contributed by atoms with Crippen LogP contribution in [0.15, 0.2) is 121 Å². The summed E-state index contributed by atoms with van der Waals surface area (Å²) in [5, 5.41) is 6.23. The van der Waals surface area contributed by atoms with E-state index in [2.05, 4.69) is 121 Å². The zero-order valence-electron chi connectivity index (χ0n) is 15.9. The molecule has 0 aliphatic rings. The maximum absolute atomic E-state index is 2.35. The molecule has 0 saturated carbocycles. The molecule has 0 aliphatic heterocycles. The van der Waals surface area contributed by atoms with Gasteiger partial charge in [-0.3, -0.25) is 0 Å². The molecule has 0 saturated heterocycles. The van der Waals surface area contributed by atoms with Crippen molar-refractivity contribution in [3.63, 3.8) is 0 Å². The van der Waals surface area contributed by atoms with Crippen LogP contribution < -0.4 is 38.2 Å². The first-order valence-electron chi connectivity index (χ1n) is 9.64. The van der Waals surface area contributed by atoms with Crippen LogP contribution in [0.1, 0.15) is 0 Å². The third kappa shape index (κ3) is 5.21. The van der Waals surface area contributed by atoms with Crippen molar-refractivity contribution in [3.05, 3.63) is 121 Å². The third-order valence-electron chi connectivity index (χ3n) is 5.33. The Morgan fingerprint density at radius 2 is 0.571 bits per heavy atom. The van der Waals surface area contributed by atoms with E-state index in [1.54, 1.807) is 21.2 Å². The van der Waals surface area contributed by atoms with Crippen LogP contribution in [0.2, 0.25) is 0 Å². The van der Waals surface area contributed by atoms with Gasteiger partial charge in [-0.05, 0) is 48.5 Å². The zero-order valence-corrected chi connectivity index (χ0v) is 19.5. The van der Waals surface area contributed by atoms with Crippen LogP contribution in [0.25, 0.3) is 0 Å². The molecule has 0 bridgehead atoms. The van der Waals surface area contributed by atoms with Crippen LogP contribution in [0.5, 0.6) is 0 Å². The lowest BCUT2D eigenvalue weighted by atomic mass is 10.4. The summed E-state index contributed by atoms with van der Waals surface area (Å²) in [6.07, 6.45) is 0. The summed E-state index contributed by atoms with van der Waals surface area (Å²) < 4.78 is 0. The minimum atomic E-state index is -0.722. The second-order valence-corrected chi connectivity index (χ2v) is 13.8. The van der Waals surface area contributed by atoms with Crippen molar-refractivity contribution in [1.82, 2.24) is 0 Å². The lowest BCUT2D eigenvalue weighted by Gasteiger charge is -2.20. The minimum Gasteiger partial charge on any atom is -1.00 e. The molecular formula is C24H24BBrP2. The number of hydrogen-bond acceptors (Lipinski definition) is 0. The highest BCUT2D eigenvalue weighted by Crippen LogP contribution is 2.45. The molecule has 4 aromatic carbocycles. The van der Waals surface area contributed by atoms with Crippen molar-refractivity contribution in [1.29, 1.82) is 0 Å². The minimum absolute atomic E-state index is 0. The summed E-state index contributed by atoms with van der Waals surface area (Å²) >= 11 is 0. The van der Waals surface area contributed by atoms with Gasteiger partial charge in [0.15, 0.2) is 0 Å². The Kier molecular flexibility index (Phi) is 8.05. The summed E-state index contributed by atoms with van der Waals surface area (Å²) in [5.41, 5.74) is 0. The Bertz CT molecular complexity index is 791. The molecule has 0 unspecified atom stereocenters. The fraction of sp³-hybridized carbons (Fsp3) is 0. The van der Waals surface area contributed by atoms with Gasteiger partial charge in [-0.15, -0.1) is 0 Å². The summed E-state index contributed by atoms with van der Waals surface area (Å²) in [6, 6.07) is 44.9. The second kappa shape index (κ2) is 10.7. The largest absolute Gasteiger partial charge is 1.00 e. The van der Waals surface area contributed by atoms with E-state index < -0.39 is 15.6 Å². The average Bonchev–Trinajstić information content (AvgIpc) is 2.77. The Labute approximate surface area is 181 Å². The molecule has 0 amide bonds. The predicted octanol–water partition coefficient (Wildman–Crippen LogP) is 0.720. The van der Waals surface area contributed by atoms with Crippen molar-refractivity contribution in [2.45, 2.75) is 0 Å². The molecule has 4 rings (SSSR count). The highest BCUT2D eigenvalue weighted by molar-refractivity contribution is 8.24. The zero-order chi connectivity index (χ0) is 18.3. The molecule has 0 radical (unpaired) electrons. The molecular weight excluding hydrogens is 441 g/mol. The van der Waals surface area contributed by atoms with Crippen molar-refractivity contribution in [3.8, 4) is 0 Å². The predicted molar refractivity (Wildman–Crippen MR) is 129 cm³/mol. The van der Waals surface area contributed by atoms with Crippen molar-refractivity contribution >= 4 is 43.5 Å². The van der Waals surface area contributed by atoms with Crippen LogP contribution >= 0.6 is 15.6 Å². The summed E-state index contributed by atoms with van der Waals surface area (Å²) in [6.45, 7) is -0.190. The maximum Gasteiger partial charge on any atom is 0.310 e. The quantitative estimate of drug-likeness (QED) is 0.291. The number of halogens is 1. The van der Waals surface area contributed by atoms with E-state index >= 15 is 0 Å². The van der Waals surface area contributed by atoms with Crippen molar-refractivity contribution in [2.24, 2.45) is 0 Å². The first kappa shape index (κ1) is 21.0. The molecule has 0 N–H and O–H groups in total. The van der Waals surface area contributed by atoms with Gasteiger partial charge >= 0.3 is 6.72 Å². The molecule has 0 spiro atoms. The Balaban J connectivity index is 0.00000225. The summed E-state index contributed by atoms with van der Waals surface area (Å²) in [5.74, 6) is 0. The molecule has 0 atom stereocenters. The van der Waals surface area contributed by atoms with Gasteiger partial charge in [-0.1, -0.05) is 88.4 Å². The normalized spacial score (nSPS) is 10.6. The van der Waals surface area contributed by atoms with Crippen LogP contribution in [0, 0.1) is 0 Å². The summed E-state index contributed by atoms with van der Waals surface area (Å²) in [7, 11) is -1.44. The van der Waals surface area contributed by atoms with Crippen molar-refractivity contribution < 1.29 is 17.0 Å². The van der Waals surface area contributed by atoms with Gasteiger partial charge < -0.3 is 17.0 Å². The lowest BCUT2D eigenvalue weighted by Crippen LogP contribution is -3.00. The topological polar surface area (TPSA) is 0 Å². The van der Waals surface area contributed by atoms with Crippen LogP contribution in [0.4, 0.5) is 0 Å². The standard InChI is InChI=1S/C24H24BP2.BrH/c1-5-13-21(14-6-1)26(22-15-7-2-8-16-22)25-27(23-17-9-3-10-18-23)24-19-11-4-12-20-24;/h1-20,26-27H,25H2;1H/q+1;/p-1. The molecule has 0 aliphatic carbocycles. The fourth-order valence-corrected chi connectivity index (χ4v) is 14.0. The smallest absolute Gasteiger partial charge is 0.310 e. The lowest BCUT2D eigenvalue weighted by molar-refractivity contribution is -0.00000496. The molecule has 4 aromatic rings. The van der Waals surface area contributed by atoms with Crippen LogP contribution in [-0.2, 0) is 0 Å². The van der Waals surface area contributed by atoms with E-state index in [-0.39, 0.29) is 23.7 Å². The van der Waals surface area contributed by atoms with Crippen LogP contribution in [-0.4, -0.2) is 6.72 Å². The molecule has 0 heterocycles. The van der Waals surface area contributed by atoms with Gasteiger partial charge in [-0.25, -0.2) is 0 Å². The maximum atomic E-state index is 2.35. The molecule has 140 valence electrons. The van der Waals surface area contributed by atoms with E-state index in [4.69, 9.17) is 0 Å². The molecule has 4 heteroatoms. The summed E-state index contributed by atoms with van der Waals surface area (Å²) in [4.78, 5) is 0. The Morgan fingerprint density at radius 1 is 0.357 bits per heavy atom. The highest BCUT2D eigenvalue weighted by Gasteiger charge is 2.29. The molecule has 0 aromatic heterocycles. The average molecular weight is 465 g/mol. The van der Waals surface area contributed by atoms with Gasteiger partial charge in [0.05, 0.1) is 21.2 Å². The Hall–Kier alpha value is -1.72.